The average Bonchev–Trinajstić information content (AvgIpc) is 2.95. The van der Waals surface area contributed by atoms with Gasteiger partial charge in [-0.3, -0.25) is 0 Å². The molecule has 116 valence electrons. The van der Waals surface area contributed by atoms with Crippen LogP contribution in [-0.2, 0) is 13.0 Å². The monoisotopic (exact) mass is 353 g/mol. The van der Waals surface area contributed by atoms with Crippen LogP contribution in [0, 0.1) is 5.92 Å². The van der Waals surface area contributed by atoms with Gasteiger partial charge in [0.15, 0.2) is 0 Å². The van der Waals surface area contributed by atoms with Gasteiger partial charge in [-0.15, -0.1) is 0 Å². The fourth-order valence-corrected chi connectivity index (χ4v) is 4.02. The maximum atomic E-state index is 9.85. The number of aliphatic hydroxyl groups is 1. The summed E-state index contributed by atoms with van der Waals surface area (Å²) in [5.41, 5.74) is 2.38. The van der Waals surface area contributed by atoms with Crippen LogP contribution in [0.3, 0.4) is 0 Å². The van der Waals surface area contributed by atoms with Crippen molar-refractivity contribution in [1.82, 2.24) is 5.32 Å². The quantitative estimate of drug-likeness (QED) is 0.871. The molecule has 0 saturated heterocycles. The predicted octanol–water partition coefficient (Wildman–Crippen LogP) is 3.41. The molecule has 0 amide bonds. The fraction of sp³-hybridized carbons (Fsp3) is 0.647. The molecular weight excluding hydrogens is 330 g/mol. The van der Waals surface area contributed by atoms with E-state index in [-0.39, 0.29) is 12.1 Å². The summed E-state index contributed by atoms with van der Waals surface area (Å²) in [7, 11) is 0. The van der Waals surface area contributed by atoms with Gasteiger partial charge in [0.05, 0.1) is 13.2 Å². The van der Waals surface area contributed by atoms with Gasteiger partial charge in [-0.25, -0.2) is 0 Å². The topological polar surface area (TPSA) is 41.5 Å². The van der Waals surface area contributed by atoms with Crippen molar-refractivity contribution in [1.29, 1.82) is 0 Å². The summed E-state index contributed by atoms with van der Waals surface area (Å²) in [5, 5.41) is 13.5. The lowest BCUT2D eigenvalue weighted by Crippen LogP contribution is -2.50. The van der Waals surface area contributed by atoms with E-state index < -0.39 is 0 Å². The summed E-state index contributed by atoms with van der Waals surface area (Å²) in [4.78, 5) is 0. The molecule has 1 aromatic carbocycles. The van der Waals surface area contributed by atoms with Crippen LogP contribution in [0.2, 0.25) is 0 Å². The maximum absolute atomic E-state index is 9.85. The van der Waals surface area contributed by atoms with Crippen molar-refractivity contribution in [3.63, 3.8) is 0 Å². The van der Waals surface area contributed by atoms with Crippen LogP contribution in [0.1, 0.15) is 43.7 Å². The van der Waals surface area contributed by atoms with Gasteiger partial charge < -0.3 is 15.2 Å². The molecule has 0 bridgehead atoms. The molecule has 2 N–H and O–H groups in total. The first kappa shape index (κ1) is 15.3. The zero-order valence-electron chi connectivity index (χ0n) is 12.6. The highest BCUT2D eigenvalue weighted by molar-refractivity contribution is 9.10. The normalized spacial score (nSPS) is 28.2. The van der Waals surface area contributed by atoms with Gasteiger partial charge in [0.1, 0.15) is 5.75 Å². The highest BCUT2D eigenvalue weighted by Crippen LogP contribution is 2.35. The van der Waals surface area contributed by atoms with E-state index >= 15 is 0 Å². The second-order valence-electron chi connectivity index (χ2n) is 6.63. The summed E-state index contributed by atoms with van der Waals surface area (Å²) in [6.07, 6.45) is 5.50. The molecule has 0 atom stereocenters. The number of nitrogens with one attached hydrogen (secondary N) is 1. The minimum atomic E-state index is -0.111. The van der Waals surface area contributed by atoms with Crippen molar-refractivity contribution in [3.8, 4) is 5.75 Å². The summed E-state index contributed by atoms with van der Waals surface area (Å²) < 4.78 is 6.89. The summed E-state index contributed by atoms with van der Waals surface area (Å²) in [6, 6.07) is 4.28. The number of ether oxygens (including phenoxy) is 1. The van der Waals surface area contributed by atoms with Crippen molar-refractivity contribution in [2.24, 2.45) is 5.92 Å². The van der Waals surface area contributed by atoms with E-state index in [1.54, 1.807) is 0 Å². The Labute approximate surface area is 135 Å². The van der Waals surface area contributed by atoms with Crippen molar-refractivity contribution in [2.45, 2.75) is 51.1 Å². The van der Waals surface area contributed by atoms with Crippen LogP contribution >= 0.6 is 15.9 Å². The largest absolute Gasteiger partial charge is 0.493 e. The Morgan fingerprint density at radius 3 is 2.86 bits per heavy atom. The molecule has 2 aliphatic rings. The van der Waals surface area contributed by atoms with Gasteiger partial charge in [-0.1, -0.05) is 22.9 Å². The van der Waals surface area contributed by atoms with Crippen molar-refractivity contribution >= 4 is 15.9 Å². The van der Waals surface area contributed by atoms with E-state index in [0.29, 0.717) is 0 Å². The smallest absolute Gasteiger partial charge is 0.127 e. The number of aliphatic hydroxyl groups excluding tert-OH is 1. The molecule has 1 fully saturated rings. The van der Waals surface area contributed by atoms with E-state index in [1.807, 2.05) is 0 Å². The standard InChI is InChI=1S/C17H24BrNO2/c1-12-2-5-17(11-20,6-3-12)19-10-14-9-15(18)8-13-4-7-21-16(13)14/h8-9,12,19-20H,2-7,10-11H2,1H3. The van der Waals surface area contributed by atoms with Gasteiger partial charge >= 0.3 is 0 Å². The summed E-state index contributed by atoms with van der Waals surface area (Å²) in [5.74, 6) is 1.83. The van der Waals surface area contributed by atoms with Gasteiger partial charge in [0, 0.05) is 28.5 Å². The first-order valence-electron chi connectivity index (χ1n) is 7.92. The zero-order valence-corrected chi connectivity index (χ0v) is 14.2. The molecule has 1 saturated carbocycles. The maximum Gasteiger partial charge on any atom is 0.127 e. The predicted molar refractivity (Wildman–Crippen MR) is 87.6 cm³/mol. The molecule has 1 aliphatic heterocycles. The molecule has 1 heterocycles. The highest BCUT2D eigenvalue weighted by Gasteiger charge is 2.33. The van der Waals surface area contributed by atoms with E-state index in [2.05, 4.69) is 40.3 Å². The van der Waals surface area contributed by atoms with Crippen LogP contribution < -0.4 is 10.1 Å². The van der Waals surface area contributed by atoms with E-state index in [9.17, 15) is 5.11 Å². The number of halogens is 1. The minimum absolute atomic E-state index is 0.111. The van der Waals surface area contributed by atoms with E-state index in [0.717, 1.165) is 48.6 Å². The Hall–Kier alpha value is -0.580. The molecule has 1 aromatic rings. The van der Waals surface area contributed by atoms with Crippen LogP contribution in [0.25, 0.3) is 0 Å². The first-order chi connectivity index (χ1) is 10.1. The number of benzene rings is 1. The van der Waals surface area contributed by atoms with Crippen LogP contribution in [0.4, 0.5) is 0 Å². The van der Waals surface area contributed by atoms with Crippen molar-refractivity contribution < 1.29 is 9.84 Å². The van der Waals surface area contributed by atoms with Crippen LogP contribution in [-0.4, -0.2) is 23.9 Å². The Morgan fingerprint density at radius 1 is 1.38 bits per heavy atom. The Kier molecular flexibility index (Phi) is 4.57. The molecule has 0 unspecified atom stereocenters. The molecule has 3 rings (SSSR count). The third-order valence-corrected chi connectivity index (χ3v) is 5.47. The third kappa shape index (κ3) is 3.27. The SMILES string of the molecule is CC1CCC(CO)(NCc2cc(Br)cc3c2OCC3)CC1. The van der Waals surface area contributed by atoms with Gasteiger partial charge in [-0.05, 0) is 49.3 Å². The van der Waals surface area contributed by atoms with E-state index in [1.165, 1.54) is 24.0 Å². The third-order valence-electron chi connectivity index (χ3n) is 5.01. The zero-order chi connectivity index (χ0) is 14.9. The average molecular weight is 354 g/mol. The van der Waals surface area contributed by atoms with E-state index in [4.69, 9.17) is 4.74 Å². The lowest BCUT2D eigenvalue weighted by molar-refractivity contribution is 0.104. The molecular formula is C17H24BrNO2. The summed E-state index contributed by atoms with van der Waals surface area (Å²) in [6.45, 7) is 4.06. The first-order valence-corrected chi connectivity index (χ1v) is 8.71. The molecule has 0 aromatic heterocycles. The molecule has 4 heteroatoms. The summed E-state index contributed by atoms with van der Waals surface area (Å²) >= 11 is 3.59. The van der Waals surface area contributed by atoms with Crippen molar-refractivity contribution in [2.75, 3.05) is 13.2 Å². The Bertz CT molecular complexity index is 510. The van der Waals surface area contributed by atoms with Gasteiger partial charge in [0.2, 0.25) is 0 Å². The number of rotatable bonds is 4. The highest BCUT2D eigenvalue weighted by atomic mass is 79.9. The second-order valence-corrected chi connectivity index (χ2v) is 7.54. The number of fused-ring (bicyclic) bond motifs is 1. The molecule has 0 radical (unpaired) electrons. The fourth-order valence-electron chi connectivity index (χ4n) is 3.47. The molecule has 21 heavy (non-hydrogen) atoms. The Balaban J connectivity index is 1.72. The molecule has 1 aliphatic carbocycles. The number of hydrogen-bond donors (Lipinski definition) is 2. The molecule has 0 spiro atoms. The lowest BCUT2D eigenvalue weighted by Gasteiger charge is -2.39. The second kappa shape index (κ2) is 6.27. The number of hydrogen-bond acceptors (Lipinski definition) is 3. The Morgan fingerprint density at radius 2 is 2.14 bits per heavy atom. The van der Waals surface area contributed by atoms with Gasteiger partial charge in [0.25, 0.3) is 0 Å². The van der Waals surface area contributed by atoms with Crippen LogP contribution in [0.5, 0.6) is 5.75 Å². The lowest BCUT2D eigenvalue weighted by atomic mass is 9.77. The minimum Gasteiger partial charge on any atom is -0.493 e. The molecule has 3 nitrogen and oxygen atoms in total. The van der Waals surface area contributed by atoms with Crippen LogP contribution in [0.15, 0.2) is 16.6 Å². The van der Waals surface area contributed by atoms with Crippen molar-refractivity contribution in [3.05, 3.63) is 27.7 Å². The van der Waals surface area contributed by atoms with Gasteiger partial charge in [-0.2, -0.15) is 0 Å².